The highest BCUT2D eigenvalue weighted by molar-refractivity contribution is 7.19. The highest BCUT2D eigenvalue weighted by Crippen LogP contribution is 2.35. The van der Waals surface area contributed by atoms with Gasteiger partial charge in [-0.3, -0.25) is 14.4 Å². The number of methoxy groups -OCH3 is 1. The Hall–Kier alpha value is -3.63. The van der Waals surface area contributed by atoms with E-state index in [1.54, 1.807) is 48.5 Å². The molecule has 166 valence electrons. The predicted molar refractivity (Wildman–Crippen MR) is 120 cm³/mol. The number of rotatable bonds is 9. The van der Waals surface area contributed by atoms with Gasteiger partial charge < -0.3 is 25.2 Å². The minimum absolute atomic E-state index is 0.115. The van der Waals surface area contributed by atoms with E-state index in [1.165, 1.54) is 7.11 Å². The molecular weight excluding hydrogens is 458 g/mol. The normalized spacial score (nSPS) is 10.3. The van der Waals surface area contributed by atoms with E-state index in [0.29, 0.717) is 22.9 Å². The Morgan fingerprint density at radius 2 is 1.62 bits per heavy atom. The van der Waals surface area contributed by atoms with Gasteiger partial charge in [0.25, 0.3) is 0 Å². The third-order valence-corrected chi connectivity index (χ3v) is 5.24. The molecule has 11 heteroatoms. The topological polar surface area (TPSA) is 127 Å². The Morgan fingerprint density at radius 3 is 2.31 bits per heavy atom. The fourth-order valence-corrected chi connectivity index (χ4v) is 3.68. The second kappa shape index (κ2) is 10.6. The molecule has 1 aromatic heterocycles. The van der Waals surface area contributed by atoms with E-state index >= 15 is 0 Å². The number of nitrogens with zero attached hydrogens (tertiary/aromatic N) is 1. The number of hydrogen-bond acceptors (Lipinski definition) is 7. The highest BCUT2D eigenvalue weighted by atomic mass is 35.5. The van der Waals surface area contributed by atoms with E-state index < -0.39 is 24.2 Å². The molecule has 0 aliphatic carbocycles. The molecule has 3 N–H and O–H groups in total. The smallest absolute Gasteiger partial charge is 0.309 e. The van der Waals surface area contributed by atoms with E-state index in [1.807, 2.05) is 0 Å². The second-order valence-corrected chi connectivity index (χ2v) is 7.93. The molecule has 0 saturated heterocycles. The number of hydrogen-bond donors (Lipinski definition) is 3. The number of para-hydroxylation sites is 4. The van der Waals surface area contributed by atoms with Crippen molar-refractivity contribution in [1.29, 1.82) is 0 Å². The summed E-state index contributed by atoms with van der Waals surface area (Å²) in [4.78, 5) is 39.4. The summed E-state index contributed by atoms with van der Waals surface area (Å²) >= 11 is 6.85. The molecule has 3 aromatic rings. The molecule has 32 heavy (non-hydrogen) atoms. The molecule has 3 rings (SSSR count). The first-order valence-corrected chi connectivity index (χ1v) is 10.4. The van der Waals surface area contributed by atoms with Gasteiger partial charge in [0.15, 0.2) is 22.4 Å². The number of carboxylic acid groups (broad SMARTS) is 1. The van der Waals surface area contributed by atoms with Crippen molar-refractivity contribution in [3.05, 3.63) is 58.6 Å². The summed E-state index contributed by atoms with van der Waals surface area (Å²) in [6.45, 7) is 0. The first-order chi connectivity index (χ1) is 15.4. The van der Waals surface area contributed by atoms with E-state index in [-0.39, 0.29) is 21.6 Å². The minimum atomic E-state index is -1.09. The second-order valence-electron chi connectivity index (χ2n) is 6.33. The lowest BCUT2D eigenvalue weighted by molar-refractivity contribution is -0.136. The summed E-state index contributed by atoms with van der Waals surface area (Å²) < 4.78 is 11.3. The Balaban J connectivity index is 1.63. The van der Waals surface area contributed by atoms with Crippen molar-refractivity contribution in [2.45, 2.75) is 12.8 Å². The molecule has 0 atom stereocenters. The van der Waals surface area contributed by atoms with Crippen molar-refractivity contribution in [3.63, 3.8) is 0 Å². The Morgan fingerprint density at radius 1 is 1.00 bits per heavy atom. The van der Waals surface area contributed by atoms with Crippen molar-refractivity contribution < 1.29 is 29.0 Å². The summed E-state index contributed by atoms with van der Waals surface area (Å²) in [7, 11) is 1.52. The highest BCUT2D eigenvalue weighted by Gasteiger charge is 2.17. The number of carbonyl (C=O) groups excluding carboxylic acids is 2. The van der Waals surface area contributed by atoms with Gasteiger partial charge in [-0.05, 0) is 24.3 Å². The van der Waals surface area contributed by atoms with Crippen LogP contribution in [-0.2, 0) is 20.8 Å². The number of nitrogens with one attached hydrogen (secondary N) is 2. The summed E-state index contributed by atoms with van der Waals surface area (Å²) in [5.74, 6) is -0.936. The average molecular weight is 476 g/mol. The zero-order chi connectivity index (χ0) is 23.1. The lowest BCUT2D eigenvalue weighted by atomic mass is 10.2. The molecule has 0 fully saturated rings. The van der Waals surface area contributed by atoms with Crippen LogP contribution in [0.3, 0.4) is 0 Å². The molecule has 2 amide bonds. The minimum Gasteiger partial charge on any atom is -0.493 e. The molecular formula is C21H18ClN3O6S. The largest absolute Gasteiger partial charge is 0.493 e. The van der Waals surface area contributed by atoms with Gasteiger partial charge in [-0.15, -0.1) is 0 Å². The van der Waals surface area contributed by atoms with Gasteiger partial charge in [0.05, 0.1) is 24.9 Å². The first kappa shape index (κ1) is 23.0. The molecule has 0 aliphatic heterocycles. The Labute approximate surface area is 192 Å². The first-order valence-electron chi connectivity index (χ1n) is 9.22. The number of amides is 2. The van der Waals surface area contributed by atoms with Gasteiger partial charge in [-0.25, -0.2) is 4.98 Å². The summed E-state index contributed by atoms with van der Waals surface area (Å²) in [6.07, 6.45) is -0.858. The number of carboxylic acids is 1. The quantitative estimate of drug-likeness (QED) is 0.396. The Bertz CT molecular complexity index is 1150. The van der Waals surface area contributed by atoms with Crippen LogP contribution in [-0.4, -0.2) is 35.0 Å². The number of thiazole rings is 1. The average Bonchev–Trinajstić information content (AvgIpc) is 3.07. The van der Waals surface area contributed by atoms with Crippen LogP contribution in [0.15, 0.2) is 48.5 Å². The maximum Gasteiger partial charge on any atom is 0.309 e. The number of anilines is 2. The van der Waals surface area contributed by atoms with Gasteiger partial charge >= 0.3 is 5.97 Å². The van der Waals surface area contributed by atoms with Gasteiger partial charge in [-0.2, -0.15) is 0 Å². The zero-order valence-electron chi connectivity index (χ0n) is 16.8. The van der Waals surface area contributed by atoms with Crippen LogP contribution in [0, 0.1) is 0 Å². The van der Waals surface area contributed by atoms with Gasteiger partial charge in [0, 0.05) is 0 Å². The predicted octanol–water partition coefficient (Wildman–Crippen LogP) is 4.19. The van der Waals surface area contributed by atoms with Crippen LogP contribution in [0.4, 0.5) is 10.8 Å². The monoisotopic (exact) mass is 475 g/mol. The Kier molecular flexibility index (Phi) is 7.63. The van der Waals surface area contributed by atoms with Crippen LogP contribution >= 0.6 is 22.9 Å². The van der Waals surface area contributed by atoms with Gasteiger partial charge in [0.2, 0.25) is 11.8 Å². The maximum absolute atomic E-state index is 12.4. The van der Waals surface area contributed by atoms with E-state index in [4.69, 9.17) is 26.2 Å². The summed E-state index contributed by atoms with van der Waals surface area (Å²) in [5.41, 5.74) is 0.517. The molecule has 0 aliphatic rings. The van der Waals surface area contributed by atoms with Crippen LogP contribution in [0.2, 0.25) is 4.34 Å². The SMILES string of the molecule is COc1ccccc1Oc1ccccc1NC(=O)CC(=O)Nc1nc(CC(=O)O)c(Cl)s1. The number of halogens is 1. The lowest BCUT2D eigenvalue weighted by Crippen LogP contribution is -2.21. The summed E-state index contributed by atoms with van der Waals surface area (Å²) in [6, 6.07) is 13.8. The molecule has 9 nitrogen and oxygen atoms in total. The number of ether oxygens (including phenoxy) is 2. The lowest BCUT2D eigenvalue weighted by Gasteiger charge is -2.14. The molecule has 0 saturated carbocycles. The standard InChI is InChI=1S/C21H18ClN3O6S/c1-30-15-8-4-5-9-16(15)31-14-7-3-2-6-12(14)23-17(26)11-18(27)25-21-24-13(10-19(28)29)20(22)32-21/h2-9H,10-11H2,1H3,(H,23,26)(H,28,29)(H,24,25,27). The third kappa shape index (κ3) is 6.19. The molecule has 0 radical (unpaired) electrons. The van der Waals surface area contributed by atoms with Crippen molar-refractivity contribution >= 4 is 51.5 Å². The van der Waals surface area contributed by atoms with Crippen LogP contribution in [0.25, 0.3) is 0 Å². The van der Waals surface area contributed by atoms with Crippen LogP contribution in [0.5, 0.6) is 17.2 Å². The van der Waals surface area contributed by atoms with E-state index in [9.17, 15) is 14.4 Å². The molecule has 1 heterocycles. The molecule has 0 bridgehead atoms. The van der Waals surface area contributed by atoms with E-state index in [0.717, 1.165) is 11.3 Å². The van der Waals surface area contributed by atoms with Crippen LogP contribution < -0.4 is 20.1 Å². The number of benzene rings is 2. The zero-order valence-corrected chi connectivity index (χ0v) is 18.3. The van der Waals surface area contributed by atoms with Gasteiger partial charge in [-0.1, -0.05) is 47.2 Å². The van der Waals surface area contributed by atoms with Crippen molar-refractivity contribution in [3.8, 4) is 17.2 Å². The van der Waals surface area contributed by atoms with Crippen LogP contribution in [0.1, 0.15) is 12.1 Å². The fraction of sp³-hybridized carbons (Fsp3) is 0.143. The molecule has 2 aromatic carbocycles. The van der Waals surface area contributed by atoms with Gasteiger partial charge in [0.1, 0.15) is 10.8 Å². The maximum atomic E-state index is 12.4. The number of carbonyl (C=O) groups is 3. The number of aromatic nitrogens is 1. The fourth-order valence-electron chi connectivity index (χ4n) is 2.62. The van der Waals surface area contributed by atoms with Crippen molar-refractivity contribution in [2.24, 2.45) is 0 Å². The number of aliphatic carboxylic acids is 1. The summed E-state index contributed by atoms with van der Waals surface area (Å²) in [5, 5.41) is 14.0. The van der Waals surface area contributed by atoms with E-state index in [2.05, 4.69) is 15.6 Å². The third-order valence-electron chi connectivity index (χ3n) is 3.99. The van der Waals surface area contributed by atoms with Crippen molar-refractivity contribution in [2.75, 3.05) is 17.7 Å². The van der Waals surface area contributed by atoms with Crippen molar-refractivity contribution in [1.82, 2.24) is 4.98 Å². The molecule has 0 spiro atoms. The molecule has 0 unspecified atom stereocenters.